The summed E-state index contributed by atoms with van der Waals surface area (Å²) in [6, 6.07) is 14.8. The molecule has 0 aliphatic carbocycles. The number of carbonyl (C=O) groups is 2. The summed E-state index contributed by atoms with van der Waals surface area (Å²) in [5.41, 5.74) is 2.53. The molecule has 25 heavy (non-hydrogen) atoms. The summed E-state index contributed by atoms with van der Waals surface area (Å²) in [4.78, 5) is 24.3. The molecule has 0 heterocycles. The van der Waals surface area contributed by atoms with E-state index in [-0.39, 0.29) is 6.42 Å². The summed E-state index contributed by atoms with van der Waals surface area (Å²) in [6.45, 7) is 5.89. The molecule has 1 amide bonds. The van der Waals surface area contributed by atoms with E-state index >= 15 is 0 Å². The van der Waals surface area contributed by atoms with Gasteiger partial charge in [0.15, 0.2) is 6.10 Å². The van der Waals surface area contributed by atoms with Crippen LogP contribution in [0.3, 0.4) is 0 Å². The van der Waals surface area contributed by atoms with Crippen molar-refractivity contribution in [1.82, 2.24) is 0 Å². The number of aryl methyl sites for hydroxylation is 1. The van der Waals surface area contributed by atoms with E-state index in [4.69, 9.17) is 9.47 Å². The van der Waals surface area contributed by atoms with Crippen molar-refractivity contribution >= 4 is 17.6 Å². The van der Waals surface area contributed by atoms with Crippen LogP contribution in [0.25, 0.3) is 0 Å². The number of benzene rings is 2. The molecule has 1 atom stereocenters. The Hall–Kier alpha value is -2.82. The molecule has 0 fully saturated rings. The highest BCUT2D eigenvalue weighted by molar-refractivity contribution is 5.96. The smallest absolute Gasteiger partial charge is 0.311 e. The third-order valence-corrected chi connectivity index (χ3v) is 3.59. The van der Waals surface area contributed by atoms with Crippen LogP contribution >= 0.6 is 0 Å². The van der Waals surface area contributed by atoms with E-state index in [1.54, 1.807) is 25.1 Å². The van der Waals surface area contributed by atoms with Gasteiger partial charge >= 0.3 is 5.97 Å². The minimum Gasteiger partial charge on any atom is -0.492 e. The number of rotatable bonds is 7. The second-order valence-electron chi connectivity index (χ2n) is 5.71. The Kier molecular flexibility index (Phi) is 6.57. The first-order valence-electron chi connectivity index (χ1n) is 8.27. The Labute approximate surface area is 148 Å². The zero-order valence-corrected chi connectivity index (χ0v) is 14.7. The first-order valence-corrected chi connectivity index (χ1v) is 8.27. The Balaban J connectivity index is 1.91. The van der Waals surface area contributed by atoms with Crippen LogP contribution in [0.5, 0.6) is 5.75 Å². The van der Waals surface area contributed by atoms with Crippen LogP contribution in [0.4, 0.5) is 5.69 Å². The molecule has 0 aliphatic heterocycles. The molecule has 0 aliphatic rings. The first kappa shape index (κ1) is 18.5. The SMILES string of the molecule is CCOc1ccccc1NC(=O)[C@H](C)OC(=O)Cc1ccc(C)cc1. The highest BCUT2D eigenvalue weighted by Gasteiger charge is 2.19. The van der Waals surface area contributed by atoms with Crippen LogP contribution in [-0.4, -0.2) is 24.6 Å². The number of para-hydroxylation sites is 2. The quantitative estimate of drug-likeness (QED) is 0.783. The van der Waals surface area contributed by atoms with Gasteiger partial charge < -0.3 is 14.8 Å². The normalized spacial score (nSPS) is 11.5. The van der Waals surface area contributed by atoms with Gasteiger partial charge in [-0.05, 0) is 38.5 Å². The lowest BCUT2D eigenvalue weighted by Crippen LogP contribution is -2.30. The molecule has 0 bridgehead atoms. The number of esters is 1. The Bertz CT molecular complexity index is 725. The van der Waals surface area contributed by atoms with Gasteiger partial charge in [0.2, 0.25) is 0 Å². The van der Waals surface area contributed by atoms with Crippen LogP contribution in [0.2, 0.25) is 0 Å². The number of hydrogen-bond donors (Lipinski definition) is 1. The van der Waals surface area contributed by atoms with E-state index < -0.39 is 18.0 Å². The fourth-order valence-corrected chi connectivity index (χ4v) is 2.25. The molecule has 132 valence electrons. The minimum absolute atomic E-state index is 0.132. The van der Waals surface area contributed by atoms with Gasteiger partial charge in [-0.15, -0.1) is 0 Å². The van der Waals surface area contributed by atoms with Crippen molar-refractivity contribution in [2.45, 2.75) is 33.3 Å². The van der Waals surface area contributed by atoms with E-state index in [2.05, 4.69) is 5.32 Å². The third-order valence-electron chi connectivity index (χ3n) is 3.59. The van der Waals surface area contributed by atoms with Crippen molar-refractivity contribution in [3.63, 3.8) is 0 Å². The van der Waals surface area contributed by atoms with E-state index in [0.29, 0.717) is 18.0 Å². The average molecular weight is 341 g/mol. The zero-order chi connectivity index (χ0) is 18.2. The van der Waals surface area contributed by atoms with Gasteiger partial charge in [-0.3, -0.25) is 9.59 Å². The molecule has 2 rings (SSSR count). The molecular weight excluding hydrogens is 318 g/mol. The van der Waals surface area contributed by atoms with Gasteiger partial charge in [0, 0.05) is 0 Å². The Morgan fingerprint density at radius 2 is 1.76 bits per heavy atom. The molecule has 0 saturated carbocycles. The van der Waals surface area contributed by atoms with Crippen molar-refractivity contribution in [3.05, 3.63) is 59.7 Å². The number of hydrogen-bond acceptors (Lipinski definition) is 4. The second-order valence-corrected chi connectivity index (χ2v) is 5.71. The Morgan fingerprint density at radius 1 is 1.08 bits per heavy atom. The monoisotopic (exact) mass is 341 g/mol. The van der Waals surface area contributed by atoms with Crippen molar-refractivity contribution in [2.75, 3.05) is 11.9 Å². The zero-order valence-electron chi connectivity index (χ0n) is 14.7. The van der Waals surface area contributed by atoms with E-state index in [1.807, 2.05) is 44.2 Å². The average Bonchev–Trinajstić information content (AvgIpc) is 2.58. The molecule has 0 unspecified atom stereocenters. The number of anilines is 1. The predicted molar refractivity (Wildman–Crippen MR) is 96.7 cm³/mol. The molecule has 0 radical (unpaired) electrons. The van der Waals surface area contributed by atoms with Crippen LogP contribution < -0.4 is 10.1 Å². The maximum absolute atomic E-state index is 12.3. The maximum Gasteiger partial charge on any atom is 0.311 e. The van der Waals surface area contributed by atoms with Gasteiger partial charge in [0.25, 0.3) is 5.91 Å². The van der Waals surface area contributed by atoms with Crippen molar-refractivity contribution in [2.24, 2.45) is 0 Å². The molecule has 5 nitrogen and oxygen atoms in total. The lowest BCUT2D eigenvalue weighted by atomic mass is 10.1. The summed E-state index contributed by atoms with van der Waals surface area (Å²) < 4.78 is 10.7. The second kappa shape index (κ2) is 8.87. The molecular formula is C20H23NO4. The van der Waals surface area contributed by atoms with Crippen LogP contribution in [0.1, 0.15) is 25.0 Å². The molecule has 0 spiro atoms. The van der Waals surface area contributed by atoms with Crippen molar-refractivity contribution in [3.8, 4) is 5.75 Å². The summed E-state index contributed by atoms with van der Waals surface area (Å²) in [6.07, 6.45) is -0.763. The highest BCUT2D eigenvalue weighted by atomic mass is 16.5. The van der Waals surface area contributed by atoms with E-state index in [0.717, 1.165) is 11.1 Å². The maximum atomic E-state index is 12.3. The third kappa shape index (κ3) is 5.64. The largest absolute Gasteiger partial charge is 0.492 e. The summed E-state index contributed by atoms with van der Waals surface area (Å²) >= 11 is 0. The molecule has 0 saturated heterocycles. The topological polar surface area (TPSA) is 64.6 Å². The van der Waals surface area contributed by atoms with Gasteiger partial charge in [-0.25, -0.2) is 0 Å². The van der Waals surface area contributed by atoms with Crippen LogP contribution in [-0.2, 0) is 20.7 Å². The van der Waals surface area contributed by atoms with Gasteiger partial charge in [-0.2, -0.15) is 0 Å². The molecule has 1 N–H and O–H groups in total. The van der Waals surface area contributed by atoms with Crippen LogP contribution in [0.15, 0.2) is 48.5 Å². The van der Waals surface area contributed by atoms with Gasteiger partial charge in [0.05, 0.1) is 18.7 Å². The summed E-state index contributed by atoms with van der Waals surface area (Å²) in [7, 11) is 0. The molecule has 0 aromatic heterocycles. The van der Waals surface area contributed by atoms with Gasteiger partial charge in [0.1, 0.15) is 5.75 Å². The van der Waals surface area contributed by atoms with Gasteiger partial charge in [-0.1, -0.05) is 42.0 Å². The summed E-state index contributed by atoms with van der Waals surface area (Å²) in [5.74, 6) is -0.259. The highest BCUT2D eigenvalue weighted by Crippen LogP contribution is 2.23. The van der Waals surface area contributed by atoms with Crippen molar-refractivity contribution < 1.29 is 19.1 Å². The lowest BCUT2D eigenvalue weighted by molar-refractivity contribution is -0.152. The molecule has 2 aromatic rings. The number of nitrogens with one attached hydrogen (secondary N) is 1. The first-order chi connectivity index (χ1) is 12.0. The number of amides is 1. The lowest BCUT2D eigenvalue weighted by Gasteiger charge is -2.15. The predicted octanol–water partition coefficient (Wildman–Crippen LogP) is 3.51. The standard InChI is InChI=1S/C20H23NO4/c1-4-24-18-8-6-5-7-17(18)21-20(23)15(3)25-19(22)13-16-11-9-14(2)10-12-16/h5-12,15H,4,13H2,1-3H3,(H,21,23)/t15-/m0/s1. The van der Waals surface area contributed by atoms with Crippen LogP contribution in [0, 0.1) is 6.92 Å². The molecule has 5 heteroatoms. The minimum atomic E-state index is -0.896. The van der Waals surface area contributed by atoms with Crippen molar-refractivity contribution in [1.29, 1.82) is 0 Å². The number of ether oxygens (including phenoxy) is 2. The fourth-order valence-electron chi connectivity index (χ4n) is 2.25. The summed E-state index contributed by atoms with van der Waals surface area (Å²) in [5, 5.41) is 2.73. The molecule has 2 aromatic carbocycles. The van der Waals surface area contributed by atoms with E-state index in [9.17, 15) is 9.59 Å². The van der Waals surface area contributed by atoms with E-state index in [1.165, 1.54) is 0 Å². The fraction of sp³-hybridized carbons (Fsp3) is 0.300. The Morgan fingerprint density at radius 3 is 2.44 bits per heavy atom. The number of carbonyl (C=O) groups excluding carboxylic acids is 2.